The van der Waals surface area contributed by atoms with Gasteiger partial charge in [-0.05, 0) is 33.1 Å². The summed E-state index contributed by atoms with van der Waals surface area (Å²) in [6.45, 7) is 3.96. The lowest BCUT2D eigenvalue weighted by molar-refractivity contribution is -0.141. The lowest BCUT2D eigenvalue weighted by atomic mass is 10.1. The molecule has 1 rings (SSSR count). The van der Waals surface area contributed by atoms with Crippen molar-refractivity contribution in [3.8, 4) is 0 Å². The summed E-state index contributed by atoms with van der Waals surface area (Å²) < 4.78 is 5.53. The van der Waals surface area contributed by atoms with Crippen LogP contribution >= 0.6 is 0 Å². The number of ether oxygens (including phenoxy) is 1. The molecular weight excluding hydrogens is 156 g/mol. The van der Waals surface area contributed by atoms with E-state index in [1.165, 1.54) is 0 Å². The Morgan fingerprint density at radius 2 is 2.17 bits per heavy atom. The second-order valence-electron chi connectivity index (χ2n) is 3.66. The molecule has 0 aromatic heterocycles. The van der Waals surface area contributed by atoms with E-state index in [2.05, 4.69) is 0 Å². The number of carbonyl (C=O) groups is 1. The molecule has 2 atom stereocenters. The summed E-state index contributed by atoms with van der Waals surface area (Å²) in [5, 5.41) is 8.71. The summed E-state index contributed by atoms with van der Waals surface area (Å²) >= 11 is 0. The first-order chi connectivity index (χ1) is 5.59. The van der Waals surface area contributed by atoms with E-state index in [-0.39, 0.29) is 18.1 Å². The highest BCUT2D eigenvalue weighted by atomic mass is 16.5. The van der Waals surface area contributed by atoms with Crippen molar-refractivity contribution in [3.63, 3.8) is 0 Å². The minimum Gasteiger partial charge on any atom is -0.481 e. The van der Waals surface area contributed by atoms with Crippen LogP contribution in [0.15, 0.2) is 0 Å². The topological polar surface area (TPSA) is 46.5 Å². The van der Waals surface area contributed by atoms with Crippen LogP contribution in [0.2, 0.25) is 0 Å². The average Bonchev–Trinajstić information content (AvgIpc) is 2.34. The Morgan fingerprint density at radius 3 is 2.58 bits per heavy atom. The zero-order valence-corrected chi connectivity index (χ0v) is 7.62. The lowest BCUT2D eigenvalue weighted by Crippen LogP contribution is -2.16. The highest BCUT2D eigenvalue weighted by Gasteiger charge is 2.30. The van der Waals surface area contributed by atoms with Gasteiger partial charge in [0.15, 0.2) is 0 Å². The van der Waals surface area contributed by atoms with E-state index < -0.39 is 5.97 Å². The smallest absolute Gasteiger partial charge is 0.306 e. The molecule has 0 amide bonds. The summed E-state index contributed by atoms with van der Waals surface area (Å²) in [6, 6.07) is 0. The number of hydrogen-bond donors (Lipinski definition) is 1. The molecule has 1 saturated carbocycles. The minimum absolute atomic E-state index is 0.172. The van der Waals surface area contributed by atoms with Gasteiger partial charge >= 0.3 is 5.97 Å². The third kappa shape index (κ3) is 2.48. The number of rotatable bonds is 3. The van der Waals surface area contributed by atoms with Crippen molar-refractivity contribution < 1.29 is 14.6 Å². The van der Waals surface area contributed by atoms with E-state index >= 15 is 0 Å². The van der Waals surface area contributed by atoms with Crippen molar-refractivity contribution in [3.05, 3.63) is 0 Å². The fourth-order valence-corrected chi connectivity index (χ4v) is 1.67. The molecule has 3 heteroatoms. The Hall–Kier alpha value is -0.570. The molecule has 12 heavy (non-hydrogen) atoms. The van der Waals surface area contributed by atoms with E-state index in [0.29, 0.717) is 6.42 Å². The summed E-state index contributed by atoms with van der Waals surface area (Å²) in [5.41, 5.74) is 0. The van der Waals surface area contributed by atoms with Gasteiger partial charge in [-0.2, -0.15) is 0 Å². The van der Waals surface area contributed by atoms with Gasteiger partial charge in [0, 0.05) is 0 Å². The van der Waals surface area contributed by atoms with Gasteiger partial charge in [0.05, 0.1) is 18.1 Å². The number of carboxylic acid groups (broad SMARTS) is 1. The van der Waals surface area contributed by atoms with E-state index in [1.54, 1.807) is 0 Å². The molecule has 0 aromatic carbocycles. The molecule has 0 spiro atoms. The van der Waals surface area contributed by atoms with Crippen LogP contribution in [0.25, 0.3) is 0 Å². The van der Waals surface area contributed by atoms with Crippen molar-refractivity contribution >= 4 is 5.97 Å². The number of hydrogen-bond acceptors (Lipinski definition) is 2. The maximum absolute atomic E-state index is 10.6. The largest absolute Gasteiger partial charge is 0.481 e. The van der Waals surface area contributed by atoms with Gasteiger partial charge in [0.1, 0.15) is 0 Å². The Bertz CT molecular complexity index is 165. The van der Waals surface area contributed by atoms with Crippen LogP contribution in [0.4, 0.5) is 0 Å². The van der Waals surface area contributed by atoms with Crippen LogP contribution in [-0.4, -0.2) is 23.3 Å². The van der Waals surface area contributed by atoms with Gasteiger partial charge in [0.25, 0.3) is 0 Å². The van der Waals surface area contributed by atoms with E-state index in [1.807, 2.05) is 13.8 Å². The molecule has 0 aliphatic heterocycles. The Morgan fingerprint density at radius 1 is 1.50 bits per heavy atom. The fourth-order valence-electron chi connectivity index (χ4n) is 1.67. The molecule has 70 valence electrons. The average molecular weight is 172 g/mol. The standard InChI is InChI=1S/C9H16O3/c1-6(2)12-8-4-3-7(5-8)9(10)11/h6-8H,3-5H2,1-2H3,(H,10,11)/t7-,8+/m1/s1. The van der Waals surface area contributed by atoms with Crippen molar-refractivity contribution in [1.29, 1.82) is 0 Å². The van der Waals surface area contributed by atoms with Crippen molar-refractivity contribution in [2.45, 2.75) is 45.3 Å². The summed E-state index contributed by atoms with van der Waals surface area (Å²) in [4.78, 5) is 10.6. The van der Waals surface area contributed by atoms with Crippen LogP contribution in [0.1, 0.15) is 33.1 Å². The first kappa shape index (κ1) is 9.52. The van der Waals surface area contributed by atoms with Gasteiger partial charge < -0.3 is 9.84 Å². The number of aliphatic carboxylic acids is 1. The minimum atomic E-state index is -0.676. The van der Waals surface area contributed by atoms with Gasteiger partial charge in [0.2, 0.25) is 0 Å². The van der Waals surface area contributed by atoms with Crippen molar-refractivity contribution in [2.24, 2.45) is 5.92 Å². The molecule has 1 N–H and O–H groups in total. The Labute approximate surface area is 72.7 Å². The highest BCUT2D eigenvalue weighted by molar-refractivity contribution is 5.70. The molecular formula is C9H16O3. The van der Waals surface area contributed by atoms with E-state index in [0.717, 1.165) is 12.8 Å². The second-order valence-corrected chi connectivity index (χ2v) is 3.66. The van der Waals surface area contributed by atoms with Crippen molar-refractivity contribution in [1.82, 2.24) is 0 Å². The Kier molecular flexibility index (Phi) is 3.09. The maximum Gasteiger partial charge on any atom is 0.306 e. The quantitative estimate of drug-likeness (QED) is 0.704. The zero-order chi connectivity index (χ0) is 9.14. The van der Waals surface area contributed by atoms with E-state index in [4.69, 9.17) is 9.84 Å². The molecule has 1 aliphatic rings. The predicted octanol–water partition coefficient (Wildman–Crippen LogP) is 1.66. The summed E-state index contributed by atoms with van der Waals surface area (Å²) in [7, 11) is 0. The zero-order valence-electron chi connectivity index (χ0n) is 7.62. The third-order valence-corrected chi connectivity index (χ3v) is 2.20. The predicted molar refractivity (Wildman–Crippen MR) is 45.0 cm³/mol. The van der Waals surface area contributed by atoms with E-state index in [9.17, 15) is 4.79 Å². The van der Waals surface area contributed by atoms with Crippen LogP contribution in [0.3, 0.4) is 0 Å². The molecule has 0 heterocycles. The van der Waals surface area contributed by atoms with Crippen LogP contribution in [0.5, 0.6) is 0 Å². The normalized spacial score (nSPS) is 29.6. The van der Waals surface area contributed by atoms with Gasteiger partial charge in [-0.15, -0.1) is 0 Å². The molecule has 0 aromatic rings. The van der Waals surface area contributed by atoms with Gasteiger partial charge in [-0.1, -0.05) is 0 Å². The Balaban J connectivity index is 2.30. The molecule has 0 bridgehead atoms. The van der Waals surface area contributed by atoms with Crippen LogP contribution < -0.4 is 0 Å². The first-order valence-electron chi connectivity index (χ1n) is 4.48. The molecule has 0 unspecified atom stereocenters. The molecule has 0 saturated heterocycles. The first-order valence-corrected chi connectivity index (χ1v) is 4.48. The monoisotopic (exact) mass is 172 g/mol. The molecule has 1 fully saturated rings. The summed E-state index contributed by atoms with van der Waals surface area (Å²) in [6.07, 6.45) is 2.74. The van der Waals surface area contributed by atoms with Gasteiger partial charge in [-0.25, -0.2) is 0 Å². The molecule has 1 aliphatic carbocycles. The third-order valence-electron chi connectivity index (χ3n) is 2.20. The second kappa shape index (κ2) is 3.90. The van der Waals surface area contributed by atoms with Crippen LogP contribution in [0, 0.1) is 5.92 Å². The van der Waals surface area contributed by atoms with Crippen LogP contribution in [-0.2, 0) is 9.53 Å². The van der Waals surface area contributed by atoms with Crippen molar-refractivity contribution in [2.75, 3.05) is 0 Å². The summed E-state index contributed by atoms with van der Waals surface area (Å²) in [5.74, 6) is -0.849. The fraction of sp³-hybridized carbons (Fsp3) is 0.889. The SMILES string of the molecule is CC(C)O[C@H]1CC[C@@H](C(=O)O)C1. The molecule has 3 nitrogen and oxygen atoms in total. The molecule has 0 radical (unpaired) electrons. The maximum atomic E-state index is 10.6. The lowest BCUT2D eigenvalue weighted by Gasteiger charge is -2.14. The van der Waals surface area contributed by atoms with Gasteiger partial charge in [-0.3, -0.25) is 4.79 Å². The number of carboxylic acids is 1. The highest BCUT2D eigenvalue weighted by Crippen LogP contribution is 2.28.